The number of hydrogen-bond donors (Lipinski definition) is 0. The summed E-state index contributed by atoms with van der Waals surface area (Å²) in [6.07, 6.45) is 4.97. The second kappa shape index (κ2) is 4.14. The number of carbonyl (C=O) groups excluding carboxylic acids is 2. The Balaban J connectivity index is 1.97. The van der Waals surface area contributed by atoms with E-state index in [1.165, 1.54) is 23.5 Å². The maximum absolute atomic E-state index is 11.4. The summed E-state index contributed by atoms with van der Waals surface area (Å²) in [7, 11) is 0. The molecule has 0 bridgehead atoms. The highest BCUT2D eigenvalue weighted by Crippen LogP contribution is 2.19. The molecule has 0 aliphatic carbocycles. The summed E-state index contributed by atoms with van der Waals surface area (Å²) in [4.78, 5) is 26.4. The van der Waals surface area contributed by atoms with E-state index in [0.717, 1.165) is 19.5 Å². The number of likely N-dealkylation sites (N-methyl/N-ethyl adjacent to an activating group) is 1. The molecule has 1 fully saturated rings. The number of hydrogen-bond acceptors (Lipinski definition) is 3. The van der Waals surface area contributed by atoms with Crippen LogP contribution in [0, 0.1) is 0 Å². The average Bonchev–Trinajstić information content (AvgIpc) is 2.79. The Kier molecular flexibility index (Phi) is 2.86. The Morgan fingerprint density at radius 3 is 2.60 bits per heavy atom. The predicted octanol–water partition coefficient (Wildman–Crippen LogP) is 0.396. The highest BCUT2D eigenvalue weighted by atomic mass is 16.2. The van der Waals surface area contributed by atoms with E-state index in [2.05, 4.69) is 11.8 Å². The van der Waals surface area contributed by atoms with Gasteiger partial charge < -0.3 is 0 Å². The van der Waals surface area contributed by atoms with Crippen molar-refractivity contribution in [2.75, 3.05) is 19.6 Å². The predicted molar refractivity (Wildman–Crippen MR) is 56.1 cm³/mol. The highest BCUT2D eigenvalue weighted by Gasteiger charge is 2.30. The average molecular weight is 208 g/mol. The van der Waals surface area contributed by atoms with Gasteiger partial charge in [-0.25, -0.2) is 0 Å². The second-order valence-corrected chi connectivity index (χ2v) is 4.05. The maximum atomic E-state index is 11.4. The molecule has 1 atom stereocenters. The lowest BCUT2D eigenvalue weighted by molar-refractivity contribution is -0.137. The Hall–Kier alpha value is -1.16. The molecular formula is C11H16N2O2. The molecule has 2 aliphatic rings. The van der Waals surface area contributed by atoms with Crippen LogP contribution < -0.4 is 0 Å². The van der Waals surface area contributed by atoms with Crippen LogP contribution in [0.4, 0.5) is 0 Å². The molecule has 1 unspecified atom stereocenters. The van der Waals surface area contributed by atoms with E-state index < -0.39 is 0 Å². The van der Waals surface area contributed by atoms with E-state index >= 15 is 0 Å². The molecule has 15 heavy (non-hydrogen) atoms. The summed E-state index contributed by atoms with van der Waals surface area (Å²) in [5, 5.41) is 0. The van der Waals surface area contributed by atoms with E-state index in [9.17, 15) is 9.59 Å². The van der Waals surface area contributed by atoms with Gasteiger partial charge in [-0.15, -0.1) is 0 Å². The van der Waals surface area contributed by atoms with Gasteiger partial charge in [0.2, 0.25) is 0 Å². The molecule has 0 N–H and O–H groups in total. The van der Waals surface area contributed by atoms with Gasteiger partial charge in [0, 0.05) is 24.7 Å². The quantitative estimate of drug-likeness (QED) is 0.630. The Labute approximate surface area is 89.5 Å². The molecule has 4 nitrogen and oxygen atoms in total. The van der Waals surface area contributed by atoms with E-state index in [1.807, 2.05) is 0 Å². The molecule has 2 heterocycles. The number of nitrogens with zero attached hydrogens (tertiary/aromatic N) is 2. The van der Waals surface area contributed by atoms with Gasteiger partial charge in [-0.2, -0.15) is 0 Å². The molecule has 0 saturated carbocycles. The van der Waals surface area contributed by atoms with Crippen LogP contribution in [0.5, 0.6) is 0 Å². The van der Waals surface area contributed by atoms with Crippen molar-refractivity contribution in [2.24, 2.45) is 0 Å². The standard InChI is InChI=1S/C11H16N2O2/c1-2-12-7-3-4-9(12)8-13-10(14)5-6-11(13)15/h5-6,9H,2-4,7-8H2,1H3. The fourth-order valence-electron chi connectivity index (χ4n) is 2.34. The number of rotatable bonds is 3. The molecule has 2 aliphatic heterocycles. The zero-order valence-corrected chi connectivity index (χ0v) is 8.98. The lowest BCUT2D eigenvalue weighted by atomic mass is 10.2. The minimum Gasteiger partial charge on any atom is -0.299 e. The van der Waals surface area contributed by atoms with Gasteiger partial charge in [-0.3, -0.25) is 19.4 Å². The van der Waals surface area contributed by atoms with Crippen molar-refractivity contribution in [1.82, 2.24) is 9.80 Å². The topological polar surface area (TPSA) is 40.6 Å². The number of imide groups is 1. The third-order valence-corrected chi connectivity index (χ3v) is 3.20. The Bertz CT molecular complexity index is 294. The third kappa shape index (κ3) is 1.95. The monoisotopic (exact) mass is 208 g/mol. The molecule has 1 saturated heterocycles. The van der Waals surface area contributed by atoms with Crippen molar-refractivity contribution in [2.45, 2.75) is 25.8 Å². The SMILES string of the molecule is CCN1CCCC1CN1C(=O)C=CC1=O. The van der Waals surface area contributed by atoms with Gasteiger partial charge in [-0.05, 0) is 25.9 Å². The molecule has 0 aromatic rings. The van der Waals surface area contributed by atoms with Gasteiger partial charge in [0.25, 0.3) is 11.8 Å². The molecule has 82 valence electrons. The van der Waals surface area contributed by atoms with Gasteiger partial charge in [-0.1, -0.05) is 6.92 Å². The van der Waals surface area contributed by atoms with Gasteiger partial charge >= 0.3 is 0 Å². The minimum absolute atomic E-state index is 0.164. The fourth-order valence-corrected chi connectivity index (χ4v) is 2.34. The van der Waals surface area contributed by atoms with Crippen LogP contribution in [-0.4, -0.2) is 47.3 Å². The first kappa shape index (κ1) is 10.4. The summed E-state index contributed by atoms with van der Waals surface area (Å²) in [6.45, 7) is 4.75. The van der Waals surface area contributed by atoms with Crippen LogP contribution in [0.2, 0.25) is 0 Å². The Morgan fingerprint density at radius 1 is 1.33 bits per heavy atom. The molecule has 0 aromatic carbocycles. The van der Waals surface area contributed by atoms with Crippen molar-refractivity contribution in [3.05, 3.63) is 12.2 Å². The van der Waals surface area contributed by atoms with Crippen LogP contribution in [0.15, 0.2) is 12.2 Å². The fraction of sp³-hybridized carbons (Fsp3) is 0.636. The van der Waals surface area contributed by atoms with E-state index in [-0.39, 0.29) is 11.8 Å². The van der Waals surface area contributed by atoms with Gasteiger partial charge in [0.05, 0.1) is 0 Å². The molecule has 2 rings (SSSR count). The molecule has 0 aromatic heterocycles. The molecule has 0 radical (unpaired) electrons. The first-order valence-electron chi connectivity index (χ1n) is 5.50. The van der Waals surface area contributed by atoms with Crippen LogP contribution in [0.25, 0.3) is 0 Å². The molecular weight excluding hydrogens is 192 g/mol. The van der Waals surface area contributed by atoms with Crippen LogP contribution in [-0.2, 0) is 9.59 Å². The van der Waals surface area contributed by atoms with Crippen LogP contribution in [0.3, 0.4) is 0 Å². The van der Waals surface area contributed by atoms with Crippen molar-refractivity contribution in [3.8, 4) is 0 Å². The van der Waals surface area contributed by atoms with E-state index in [4.69, 9.17) is 0 Å². The smallest absolute Gasteiger partial charge is 0.253 e. The molecule has 4 heteroatoms. The van der Waals surface area contributed by atoms with Crippen LogP contribution in [0.1, 0.15) is 19.8 Å². The number of likely N-dealkylation sites (tertiary alicyclic amines) is 1. The first-order chi connectivity index (χ1) is 7.22. The summed E-state index contributed by atoms with van der Waals surface area (Å²) >= 11 is 0. The minimum atomic E-state index is -0.164. The highest BCUT2D eigenvalue weighted by molar-refractivity contribution is 6.12. The van der Waals surface area contributed by atoms with Crippen molar-refractivity contribution >= 4 is 11.8 Å². The second-order valence-electron chi connectivity index (χ2n) is 4.05. The summed E-state index contributed by atoms with van der Waals surface area (Å²) in [6, 6.07) is 0.364. The van der Waals surface area contributed by atoms with Gasteiger partial charge in [0.1, 0.15) is 0 Å². The largest absolute Gasteiger partial charge is 0.299 e. The van der Waals surface area contributed by atoms with E-state index in [0.29, 0.717) is 12.6 Å². The van der Waals surface area contributed by atoms with Gasteiger partial charge in [0.15, 0.2) is 0 Å². The maximum Gasteiger partial charge on any atom is 0.253 e. The summed E-state index contributed by atoms with van der Waals surface area (Å²) in [5.74, 6) is -0.328. The zero-order chi connectivity index (χ0) is 10.8. The van der Waals surface area contributed by atoms with Crippen molar-refractivity contribution in [3.63, 3.8) is 0 Å². The molecule has 0 spiro atoms. The zero-order valence-electron chi connectivity index (χ0n) is 8.98. The summed E-state index contributed by atoms with van der Waals surface area (Å²) < 4.78 is 0. The molecule has 2 amide bonds. The lowest BCUT2D eigenvalue weighted by Crippen LogP contribution is -2.42. The van der Waals surface area contributed by atoms with Crippen molar-refractivity contribution in [1.29, 1.82) is 0 Å². The normalized spacial score (nSPS) is 27.0. The lowest BCUT2D eigenvalue weighted by Gasteiger charge is -2.26. The van der Waals surface area contributed by atoms with Crippen molar-refractivity contribution < 1.29 is 9.59 Å². The van der Waals surface area contributed by atoms with Crippen LogP contribution >= 0.6 is 0 Å². The van der Waals surface area contributed by atoms with E-state index in [1.54, 1.807) is 0 Å². The number of carbonyl (C=O) groups is 2. The number of amides is 2. The third-order valence-electron chi connectivity index (χ3n) is 3.20. The summed E-state index contributed by atoms with van der Waals surface area (Å²) in [5.41, 5.74) is 0. The Morgan fingerprint density at radius 2 is 2.00 bits per heavy atom. The first-order valence-corrected chi connectivity index (χ1v) is 5.50.